The van der Waals surface area contributed by atoms with Crippen LogP contribution in [0.5, 0.6) is 11.5 Å². The summed E-state index contributed by atoms with van der Waals surface area (Å²) >= 11 is 0. The number of hydrogen-bond acceptors (Lipinski definition) is 7. The number of pyridine rings is 1. The number of fused-ring (bicyclic) bond motifs is 1. The molecule has 0 radical (unpaired) electrons. The second-order valence-corrected chi connectivity index (χ2v) is 8.82. The molecule has 8 nitrogen and oxygen atoms in total. The molecule has 1 N–H and O–H groups in total. The van der Waals surface area contributed by atoms with E-state index in [1.165, 1.54) is 0 Å². The molecule has 4 rings (SSSR count). The molecule has 1 aromatic heterocycles. The molecule has 2 aromatic rings. The molecule has 0 saturated carbocycles. The highest BCUT2D eigenvalue weighted by molar-refractivity contribution is 7.91. The molecule has 1 atom stereocenters. The molecule has 2 aliphatic rings. The lowest BCUT2D eigenvalue weighted by molar-refractivity contribution is 0.102. The fourth-order valence-electron chi connectivity index (χ4n) is 3.20. The Hall–Kier alpha value is -2.81. The standard InChI is InChI=1S/C18H19N3O5S/c1-21(14-5-7-27(23,24)10-14)17-8-12(4-6-19-17)18(22)20-13-2-3-15-16(9-13)26-11-25-15/h2-4,6,8-9,14H,5,7,10-11H2,1H3,(H,20,22). The molecule has 142 valence electrons. The average Bonchev–Trinajstić information content (AvgIpc) is 3.26. The van der Waals surface area contributed by atoms with Crippen molar-refractivity contribution in [2.75, 3.05) is 35.6 Å². The van der Waals surface area contributed by atoms with Gasteiger partial charge in [-0.3, -0.25) is 4.79 Å². The molecule has 0 spiro atoms. The second-order valence-electron chi connectivity index (χ2n) is 6.59. The van der Waals surface area contributed by atoms with Gasteiger partial charge in [0.15, 0.2) is 21.3 Å². The predicted molar refractivity (Wildman–Crippen MR) is 100 cm³/mol. The third-order valence-corrected chi connectivity index (χ3v) is 6.51. The minimum absolute atomic E-state index is 0.110. The number of aromatic nitrogens is 1. The van der Waals surface area contributed by atoms with E-state index in [1.807, 2.05) is 4.90 Å². The number of hydrogen-bond donors (Lipinski definition) is 1. The number of ether oxygens (including phenoxy) is 2. The SMILES string of the molecule is CN(c1cc(C(=O)Nc2ccc3c(c2)OCO3)ccn1)C1CCS(=O)(=O)C1. The van der Waals surface area contributed by atoms with Crippen LogP contribution in [0.2, 0.25) is 0 Å². The van der Waals surface area contributed by atoms with Gasteiger partial charge in [0.25, 0.3) is 5.91 Å². The fourth-order valence-corrected chi connectivity index (χ4v) is 4.97. The molecule has 9 heteroatoms. The molecule has 2 aliphatic heterocycles. The van der Waals surface area contributed by atoms with Crippen LogP contribution in [-0.2, 0) is 9.84 Å². The zero-order valence-corrected chi connectivity index (χ0v) is 15.5. The normalized spacial score (nSPS) is 19.7. The Balaban J connectivity index is 1.49. The number of amides is 1. The zero-order valence-electron chi connectivity index (χ0n) is 14.7. The first-order valence-corrected chi connectivity index (χ1v) is 10.3. The van der Waals surface area contributed by atoms with Gasteiger partial charge in [0.05, 0.1) is 11.5 Å². The molecule has 1 unspecified atom stereocenters. The van der Waals surface area contributed by atoms with Gasteiger partial charge in [0, 0.05) is 36.6 Å². The Bertz CT molecular complexity index is 992. The average molecular weight is 389 g/mol. The summed E-state index contributed by atoms with van der Waals surface area (Å²) < 4.78 is 34.0. The van der Waals surface area contributed by atoms with Crippen LogP contribution in [0, 0.1) is 0 Å². The van der Waals surface area contributed by atoms with Crippen molar-refractivity contribution in [1.29, 1.82) is 0 Å². The number of carbonyl (C=O) groups is 1. The van der Waals surface area contributed by atoms with E-state index >= 15 is 0 Å². The maximum atomic E-state index is 12.6. The minimum Gasteiger partial charge on any atom is -0.454 e. The quantitative estimate of drug-likeness (QED) is 0.850. The predicted octanol–water partition coefficient (Wildman–Crippen LogP) is 1.69. The molecule has 1 fully saturated rings. The van der Waals surface area contributed by atoms with Crippen LogP contribution >= 0.6 is 0 Å². The summed E-state index contributed by atoms with van der Waals surface area (Å²) in [6.45, 7) is 0.170. The summed E-state index contributed by atoms with van der Waals surface area (Å²) in [5.74, 6) is 1.81. The first-order valence-electron chi connectivity index (χ1n) is 8.52. The summed E-state index contributed by atoms with van der Waals surface area (Å²) in [7, 11) is -1.19. The van der Waals surface area contributed by atoms with Gasteiger partial charge in [0.1, 0.15) is 5.82 Å². The maximum absolute atomic E-state index is 12.6. The number of rotatable bonds is 4. The van der Waals surface area contributed by atoms with Crippen LogP contribution in [-0.4, -0.2) is 50.7 Å². The van der Waals surface area contributed by atoms with Gasteiger partial charge in [-0.05, 0) is 30.7 Å². The van der Waals surface area contributed by atoms with Crippen LogP contribution < -0.4 is 19.7 Å². The molecule has 1 amide bonds. The van der Waals surface area contributed by atoms with Gasteiger partial charge in [-0.2, -0.15) is 0 Å². The van der Waals surface area contributed by atoms with Gasteiger partial charge in [-0.15, -0.1) is 0 Å². The zero-order chi connectivity index (χ0) is 19.0. The second kappa shape index (κ2) is 6.73. The van der Waals surface area contributed by atoms with Crippen molar-refractivity contribution < 1.29 is 22.7 Å². The van der Waals surface area contributed by atoms with Crippen molar-refractivity contribution >= 4 is 27.2 Å². The Kier molecular flexibility index (Phi) is 4.39. The van der Waals surface area contributed by atoms with Gasteiger partial charge >= 0.3 is 0 Å². The molecule has 3 heterocycles. The van der Waals surface area contributed by atoms with Crippen LogP contribution in [0.3, 0.4) is 0 Å². The van der Waals surface area contributed by atoms with E-state index in [-0.39, 0.29) is 30.2 Å². The van der Waals surface area contributed by atoms with Crippen LogP contribution in [0.1, 0.15) is 16.8 Å². The molecular weight excluding hydrogens is 370 g/mol. The molecule has 0 bridgehead atoms. The summed E-state index contributed by atoms with van der Waals surface area (Å²) in [6.07, 6.45) is 2.11. The Morgan fingerprint density at radius 1 is 1.22 bits per heavy atom. The summed E-state index contributed by atoms with van der Waals surface area (Å²) in [5.41, 5.74) is 1.03. The number of anilines is 2. The van der Waals surface area contributed by atoms with Crippen molar-refractivity contribution in [3.05, 3.63) is 42.1 Å². The van der Waals surface area contributed by atoms with Crippen molar-refractivity contribution in [2.24, 2.45) is 0 Å². The van der Waals surface area contributed by atoms with E-state index in [2.05, 4.69) is 10.3 Å². The number of nitrogens with zero attached hydrogens (tertiary/aromatic N) is 2. The van der Waals surface area contributed by atoms with E-state index in [0.29, 0.717) is 35.0 Å². The molecule has 0 aliphatic carbocycles. The Morgan fingerprint density at radius 3 is 2.81 bits per heavy atom. The Morgan fingerprint density at radius 2 is 2.04 bits per heavy atom. The maximum Gasteiger partial charge on any atom is 0.255 e. The van der Waals surface area contributed by atoms with Crippen molar-refractivity contribution in [1.82, 2.24) is 4.98 Å². The fraction of sp³-hybridized carbons (Fsp3) is 0.333. The van der Waals surface area contributed by atoms with Crippen molar-refractivity contribution in [3.63, 3.8) is 0 Å². The number of nitrogens with one attached hydrogen (secondary N) is 1. The van der Waals surface area contributed by atoms with E-state index in [9.17, 15) is 13.2 Å². The number of carbonyl (C=O) groups excluding carboxylic acids is 1. The lowest BCUT2D eigenvalue weighted by Crippen LogP contribution is -2.33. The van der Waals surface area contributed by atoms with Crippen LogP contribution in [0.15, 0.2) is 36.5 Å². The summed E-state index contributed by atoms with van der Waals surface area (Å²) in [6, 6.07) is 8.33. The minimum atomic E-state index is -2.99. The first kappa shape index (κ1) is 17.6. The highest BCUT2D eigenvalue weighted by atomic mass is 32.2. The molecule has 1 aromatic carbocycles. The van der Waals surface area contributed by atoms with E-state index in [4.69, 9.17) is 9.47 Å². The monoisotopic (exact) mass is 389 g/mol. The van der Waals surface area contributed by atoms with Crippen LogP contribution in [0.25, 0.3) is 0 Å². The van der Waals surface area contributed by atoms with Gasteiger partial charge in [0.2, 0.25) is 6.79 Å². The van der Waals surface area contributed by atoms with Gasteiger partial charge in [-0.1, -0.05) is 0 Å². The third-order valence-electron chi connectivity index (χ3n) is 4.76. The number of benzene rings is 1. The highest BCUT2D eigenvalue weighted by Gasteiger charge is 2.31. The molecule has 1 saturated heterocycles. The first-order chi connectivity index (χ1) is 12.9. The summed E-state index contributed by atoms with van der Waals surface area (Å²) in [5, 5.41) is 2.82. The van der Waals surface area contributed by atoms with Gasteiger partial charge < -0.3 is 19.7 Å². The lowest BCUT2D eigenvalue weighted by atomic mass is 10.2. The molecule has 27 heavy (non-hydrogen) atoms. The lowest BCUT2D eigenvalue weighted by Gasteiger charge is -2.24. The van der Waals surface area contributed by atoms with Crippen LogP contribution in [0.4, 0.5) is 11.5 Å². The highest BCUT2D eigenvalue weighted by Crippen LogP contribution is 2.34. The smallest absolute Gasteiger partial charge is 0.255 e. The van der Waals surface area contributed by atoms with E-state index < -0.39 is 9.84 Å². The van der Waals surface area contributed by atoms with Crippen molar-refractivity contribution in [2.45, 2.75) is 12.5 Å². The van der Waals surface area contributed by atoms with E-state index in [1.54, 1.807) is 43.6 Å². The van der Waals surface area contributed by atoms with Gasteiger partial charge in [-0.25, -0.2) is 13.4 Å². The van der Waals surface area contributed by atoms with Crippen molar-refractivity contribution in [3.8, 4) is 11.5 Å². The van der Waals surface area contributed by atoms with E-state index in [0.717, 1.165) is 0 Å². The largest absolute Gasteiger partial charge is 0.454 e. The molecular formula is C18H19N3O5S. The number of sulfone groups is 1. The summed E-state index contributed by atoms with van der Waals surface area (Å²) in [4.78, 5) is 18.7. The third kappa shape index (κ3) is 3.68. The topological polar surface area (TPSA) is 97.8 Å². The Labute approximate surface area is 157 Å².